The van der Waals surface area contributed by atoms with Gasteiger partial charge in [-0.1, -0.05) is 18.2 Å². The molecule has 0 aromatic heterocycles. The number of rotatable bonds is 6. The Morgan fingerprint density at radius 2 is 1.78 bits per heavy atom. The highest BCUT2D eigenvalue weighted by Crippen LogP contribution is 2.41. The molecule has 0 unspecified atom stereocenters. The van der Waals surface area contributed by atoms with Crippen LogP contribution in [0, 0.1) is 5.92 Å². The summed E-state index contributed by atoms with van der Waals surface area (Å²) in [4.78, 5) is 55.4. The number of likely N-dealkylation sites (N-methyl/N-ethyl adjacent to an activating group) is 1. The Morgan fingerprint density at radius 1 is 1.11 bits per heavy atom. The van der Waals surface area contributed by atoms with Crippen molar-refractivity contribution in [3.05, 3.63) is 46.7 Å². The summed E-state index contributed by atoms with van der Waals surface area (Å²) in [6.07, 6.45) is -3.78. The van der Waals surface area contributed by atoms with E-state index in [2.05, 4.69) is 5.32 Å². The molecule has 0 bridgehead atoms. The number of nitrogens with zero attached hydrogens (tertiary/aromatic N) is 3. The van der Waals surface area contributed by atoms with E-state index in [0.29, 0.717) is 31.6 Å². The lowest BCUT2D eigenvalue weighted by Crippen LogP contribution is -2.47. The van der Waals surface area contributed by atoms with Gasteiger partial charge in [-0.05, 0) is 38.3 Å². The third-order valence-corrected chi connectivity index (χ3v) is 6.98. The highest BCUT2D eigenvalue weighted by molar-refractivity contribution is 6.03. The van der Waals surface area contributed by atoms with Crippen LogP contribution in [-0.2, 0) is 25.3 Å². The number of benzene rings is 1. The topological polar surface area (TPSA) is 99.3 Å². The van der Waals surface area contributed by atoms with Gasteiger partial charge in [0.2, 0.25) is 5.91 Å². The predicted molar refractivity (Wildman–Crippen MR) is 125 cm³/mol. The number of halogens is 3. The molecule has 3 heterocycles. The number of ether oxygens (including phenoxy) is 1. The summed E-state index contributed by atoms with van der Waals surface area (Å²) in [6, 6.07) is 2.92. The number of likely N-dealkylation sites (tertiary alicyclic amines) is 1. The van der Waals surface area contributed by atoms with Crippen molar-refractivity contribution in [1.29, 1.82) is 0 Å². The average Bonchev–Trinajstić information content (AvgIpc) is 3.18. The Balaban J connectivity index is 1.53. The van der Waals surface area contributed by atoms with Crippen LogP contribution in [0.4, 0.5) is 18.0 Å². The molecule has 0 aliphatic carbocycles. The normalized spacial score (nSPS) is 20.8. The van der Waals surface area contributed by atoms with Crippen LogP contribution in [0.25, 0.3) is 0 Å². The first-order chi connectivity index (χ1) is 17.6. The van der Waals surface area contributed by atoms with Gasteiger partial charge in [-0.15, -0.1) is 0 Å². The fourth-order valence-corrected chi connectivity index (χ4v) is 5.14. The minimum absolute atomic E-state index is 0.0342. The van der Waals surface area contributed by atoms with Crippen LogP contribution in [0.15, 0.2) is 35.5 Å². The number of carbonyl (C=O) groups excluding carboxylic acids is 4. The number of nitrogens with one attached hydrogen (secondary N) is 1. The number of hydrogen-bond donors (Lipinski definition) is 1. The predicted octanol–water partition coefficient (Wildman–Crippen LogP) is 2.69. The van der Waals surface area contributed by atoms with Crippen LogP contribution >= 0.6 is 0 Å². The second-order valence-corrected chi connectivity index (χ2v) is 9.14. The van der Waals surface area contributed by atoms with Crippen LogP contribution in [0.3, 0.4) is 0 Å². The van der Waals surface area contributed by atoms with Crippen molar-refractivity contribution < 1.29 is 37.1 Å². The fraction of sp³-hybridized carbons (Fsp3) is 0.520. The van der Waals surface area contributed by atoms with E-state index in [1.807, 2.05) is 0 Å². The maximum atomic E-state index is 13.7. The number of alkyl halides is 3. The lowest BCUT2D eigenvalue weighted by molar-refractivity contribution is -0.151. The van der Waals surface area contributed by atoms with E-state index in [1.165, 1.54) is 28.0 Å². The number of piperidine rings is 1. The van der Waals surface area contributed by atoms with Gasteiger partial charge in [0.1, 0.15) is 6.54 Å². The smallest absolute Gasteiger partial charge is 0.416 e. The molecule has 1 N–H and O–H groups in total. The Hall–Kier alpha value is -3.57. The van der Waals surface area contributed by atoms with E-state index in [-0.39, 0.29) is 55.2 Å². The molecule has 0 spiro atoms. The summed E-state index contributed by atoms with van der Waals surface area (Å²) >= 11 is 0. The van der Waals surface area contributed by atoms with Gasteiger partial charge in [0.25, 0.3) is 5.91 Å². The molecular formula is C25H29F3N4O5. The highest BCUT2D eigenvalue weighted by Gasteiger charge is 2.46. The zero-order valence-corrected chi connectivity index (χ0v) is 20.6. The van der Waals surface area contributed by atoms with E-state index in [9.17, 15) is 32.3 Å². The Labute approximate surface area is 212 Å². The van der Waals surface area contributed by atoms with Crippen molar-refractivity contribution in [3.8, 4) is 0 Å². The highest BCUT2D eigenvalue weighted by atomic mass is 19.4. The molecule has 1 atom stereocenters. The van der Waals surface area contributed by atoms with Crippen LogP contribution in [0.2, 0.25) is 0 Å². The molecule has 4 rings (SSSR count). The van der Waals surface area contributed by atoms with Crippen molar-refractivity contribution in [1.82, 2.24) is 20.0 Å². The van der Waals surface area contributed by atoms with Crippen LogP contribution in [-0.4, -0.2) is 77.8 Å². The molecule has 0 saturated carbocycles. The summed E-state index contributed by atoms with van der Waals surface area (Å²) in [5, 5.41) is 2.55. The van der Waals surface area contributed by atoms with Crippen molar-refractivity contribution >= 4 is 23.8 Å². The zero-order valence-electron chi connectivity index (χ0n) is 20.6. The average molecular weight is 523 g/mol. The second-order valence-electron chi connectivity index (χ2n) is 9.14. The summed E-state index contributed by atoms with van der Waals surface area (Å²) in [7, 11) is 0. The first-order valence-corrected chi connectivity index (χ1v) is 12.3. The summed E-state index contributed by atoms with van der Waals surface area (Å²) < 4.78 is 46.3. The molecule has 12 heteroatoms. The zero-order chi connectivity index (χ0) is 26.9. The number of amides is 4. The monoisotopic (exact) mass is 522 g/mol. The van der Waals surface area contributed by atoms with Gasteiger partial charge in [0, 0.05) is 19.6 Å². The largest absolute Gasteiger partial charge is 0.466 e. The Bertz CT molecular complexity index is 1130. The van der Waals surface area contributed by atoms with Crippen molar-refractivity contribution in [3.63, 3.8) is 0 Å². The molecule has 3 aliphatic rings. The molecule has 200 valence electrons. The maximum absolute atomic E-state index is 13.7. The minimum atomic E-state index is -4.68. The van der Waals surface area contributed by atoms with Crippen LogP contribution in [0.1, 0.15) is 43.9 Å². The molecule has 1 aromatic rings. The van der Waals surface area contributed by atoms with Gasteiger partial charge in [-0.25, -0.2) is 4.79 Å². The summed E-state index contributed by atoms with van der Waals surface area (Å²) in [6.45, 7) is 4.23. The number of esters is 1. The minimum Gasteiger partial charge on any atom is -0.466 e. The first kappa shape index (κ1) is 26.5. The standard InChI is InChI=1S/C25H29F3N4O5/c1-3-32-18-13-31(14-19(33)30-11-9-15(10-12-30)23(35)37-4-2)22(34)20(18)21(29-24(32)36)16-7-5-6-8-17(16)25(26,27)28/h5-8,15,21H,3-4,9-14H2,1-2H3,(H,29,36)/t21-/m0/s1. The van der Waals surface area contributed by atoms with E-state index < -0.39 is 29.7 Å². The van der Waals surface area contributed by atoms with Gasteiger partial charge < -0.3 is 19.9 Å². The third kappa shape index (κ3) is 5.14. The van der Waals surface area contributed by atoms with Crippen molar-refractivity contribution in [2.24, 2.45) is 5.92 Å². The second kappa shape index (κ2) is 10.4. The van der Waals surface area contributed by atoms with Gasteiger partial charge in [0.05, 0.1) is 41.9 Å². The maximum Gasteiger partial charge on any atom is 0.416 e. The Morgan fingerprint density at radius 3 is 2.41 bits per heavy atom. The number of carbonyl (C=O) groups is 4. The number of hydrogen-bond acceptors (Lipinski definition) is 5. The van der Waals surface area contributed by atoms with Gasteiger partial charge in [-0.2, -0.15) is 13.2 Å². The fourth-order valence-electron chi connectivity index (χ4n) is 5.14. The SMILES string of the molecule is CCOC(=O)C1CCN(C(=O)CN2CC3=C(C2=O)[C@H](c2ccccc2C(F)(F)F)NC(=O)N3CC)CC1. The quantitative estimate of drug-likeness (QED) is 0.580. The van der Waals surface area contributed by atoms with Crippen molar-refractivity contribution in [2.45, 2.75) is 38.9 Å². The number of urea groups is 1. The molecule has 1 saturated heterocycles. The molecular weight excluding hydrogens is 493 g/mol. The third-order valence-electron chi connectivity index (χ3n) is 6.98. The molecule has 9 nitrogen and oxygen atoms in total. The van der Waals surface area contributed by atoms with E-state index in [4.69, 9.17) is 4.74 Å². The first-order valence-electron chi connectivity index (χ1n) is 12.3. The lowest BCUT2D eigenvalue weighted by atomic mass is 9.91. The lowest BCUT2D eigenvalue weighted by Gasteiger charge is -2.33. The molecule has 1 fully saturated rings. The van der Waals surface area contributed by atoms with Crippen molar-refractivity contribution in [2.75, 3.05) is 39.3 Å². The van der Waals surface area contributed by atoms with Gasteiger partial charge in [-0.3, -0.25) is 19.3 Å². The molecule has 4 amide bonds. The van der Waals surface area contributed by atoms with Gasteiger partial charge >= 0.3 is 18.2 Å². The summed E-state index contributed by atoms with van der Waals surface area (Å²) in [5.41, 5.74) is -0.836. The summed E-state index contributed by atoms with van der Waals surface area (Å²) in [5.74, 6) is -1.49. The van der Waals surface area contributed by atoms with E-state index in [0.717, 1.165) is 6.07 Å². The van der Waals surface area contributed by atoms with Gasteiger partial charge in [0.15, 0.2) is 0 Å². The Kier molecular flexibility index (Phi) is 7.47. The van der Waals surface area contributed by atoms with Crippen LogP contribution < -0.4 is 5.32 Å². The van der Waals surface area contributed by atoms with E-state index >= 15 is 0 Å². The molecule has 0 radical (unpaired) electrons. The molecule has 1 aromatic carbocycles. The molecule has 37 heavy (non-hydrogen) atoms. The van der Waals surface area contributed by atoms with E-state index in [1.54, 1.807) is 18.7 Å². The molecule has 3 aliphatic heterocycles. The van der Waals surface area contributed by atoms with Crippen LogP contribution in [0.5, 0.6) is 0 Å².